The van der Waals surface area contributed by atoms with E-state index < -0.39 is 11.9 Å². The molecule has 1 unspecified atom stereocenters. The Morgan fingerprint density at radius 3 is 2.79 bits per heavy atom. The number of carbonyl (C=O) groups excluding carboxylic acids is 1. The van der Waals surface area contributed by atoms with Crippen molar-refractivity contribution in [3.05, 3.63) is 59.0 Å². The van der Waals surface area contributed by atoms with E-state index in [1.54, 1.807) is 29.2 Å². The van der Waals surface area contributed by atoms with Gasteiger partial charge >= 0.3 is 6.18 Å². The van der Waals surface area contributed by atoms with Gasteiger partial charge in [-0.1, -0.05) is 28.9 Å². The van der Waals surface area contributed by atoms with Gasteiger partial charge in [-0.25, -0.2) is 0 Å². The molecule has 1 aromatic carbocycles. The summed E-state index contributed by atoms with van der Waals surface area (Å²) in [5.74, 6) is 0.0706. The van der Waals surface area contributed by atoms with Crippen LogP contribution in [0.15, 0.2) is 47.1 Å². The zero-order chi connectivity index (χ0) is 20.6. The zero-order valence-corrected chi connectivity index (χ0v) is 15.8. The smallest absolute Gasteiger partial charge is 0.355 e. The third-order valence-electron chi connectivity index (χ3n) is 4.80. The lowest BCUT2D eigenvalue weighted by Gasteiger charge is -2.32. The predicted molar refractivity (Wildman–Crippen MR) is 98.4 cm³/mol. The van der Waals surface area contributed by atoms with Crippen LogP contribution in [0.5, 0.6) is 0 Å². The summed E-state index contributed by atoms with van der Waals surface area (Å²) in [4.78, 5) is 14.4. The van der Waals surface area contributed by atoms with Gasteiger partial charge in [-0.2, -0.15) is 18.3 Å². The largest absolute Gasteiger partial charge is 0.435 e. The highest BCUT2D eigenvalue weighted by atomic mass is 35.5. The van der Waals surface area contributed by atoms with E-state index >= 15 is 0 Å². The van der Waals surface area contributed by atoms with E-state index in [1.165, 1.54) is 16.9 Å². The maximum absolute atomic E-state index is 12.8. The highest BCUT2D eigenvalue weighted by Gasteiger charge is 2.35. The number of likely N-dealkylation sites (tertiary alicyclic amines) is 1. The van der Waals surface area contributed by atoms with Crippen molar-refractivity contribution in [3.8, 4) is 11.3 Å². The normalized spacial score (nSPS) is 17.5. The average molecular weight is 425 g/mol. The number of benzene rings is 1. The summed E-state index contributed by atoms with van der Waals surface area (Å²) in [7, 11) is 0. The SMILES string of the molecule is O=C(c1cc(-c2cccc(Cl)c2)on1)N1CCCC(n2ccc(C(F)(F)F)n2)C1. The van der Waals surface area contributed by atoms with Crippen LogP contribution in [0.1, 0.15) is 35.1 Å². The Morgan fingerprint density at radius 2 is 2.07 bits per heavy atom. The molecule has 0 N–H and O–H groups in total. The first-order valence-electron chi connectivity index (χ1n) is 8.95. The van der Waals surface area contributed by atoms with Crippen molar-refractivity contribution in [1.82, 2.24) is 19.8 Å². The van der Waals surface area contributed by atoms with Gasteiger partial charge in [-0.3, -0.25) is 9.48 Å². The second-order valence-corrected chi connectivity index (χ2v) is 7.25. The molecule has 6 nitrogen and oxygen atoms in total. The lowest BCUT2D eigenvalue weighted by molar-refractivity contribution is -0.141. The van der Waals surface area contributed by atoms with Crippen molar-refractivity contribution >= 4 is 17.5 Å². The van der Waals surface area contributed by atoms with Crippen LogP contribution < -0.4 is 0 Å². The van der Waals surface area contributed by atoms with Crippen LogP contribution in [0.2, 0.25) is 5.02 Å². The van der Waals surface area contributed by atoms with Crippen molar-refractivity contribution in [2.24, 2.45) is 0 Å². The number of halogens is 4. The number of alkyl halides is 3. The lowest BCUT2D eigenvalue weighted by atomic mass is 10.1. The third-order valence-corrected chi connectivity index (χ3v) is 5.03. The Bertz CT molecular complexity index is 1030. The molecule has 10 heteroatoms. The van der Waals surface area contributed by atoms with E-state index in [0.29, 0.717) is 35.7 Å². The highest BCUT2D eigenvalue weighted by Crippen LogP contribution is 2.30. The summed E-state index contributed by atoms with van der Waals surface area (Å²) in [6.07, 6.45) is -1.91. The molecule has 152 valence electrons. The fraction of sp³-hybridized carbons (Fsp3) is 0.316. The standard InChI is InChI=1S/C19H16ClF3N4O2/c20-13-4-1-3-12(9-13)16-10-15(25-29-16)18(28)26-7-2-5-14(11-26)27-8-6-17(24-27)19(21,22)23/h1,3-4,6,8-10,14H,2,5,7,11H2. The van der Waals surface area contributed by atoms with Crippen LogP contribution in [0.4, 0.5) is 13.2 Å². The van der Waals surface area contributed by atoms with Crippen molar-refractivity contribution in [1.29, 1.82) is 0 Å². The Balaban J connectivity index is 1.49. The van der Waals surface area contributed by atoms with Gasteiger partial charge in [0, 0.05) is 35.9 Å². The van der Waals surface area contributed by atoms with Crippen LogP contribution in [-0.4, -0.2) is 38.8 Å². The van der Waals surface area contributed by atoms with Gasteiger partial charge in [0.2, 0.25) is 0 Å². The van der Waals surface area contributed by atoms with Gasteiger partial charge in [0.1, 0.15) is 0 Å². The molecular formula is C19H16ClF3N4O2. The number of piperidine rings is 1. The first kappa shape index (κ1) is 19.5. The van der Waals surface area contributed by atoms with Crippen LogP contribution in [0.3, 0.4) is 0 Å². The molecule has 2 aromatic heterocycles. The summed E-state index contributed by atoms with van der Waals surface area (Å²) < 4.78 is 44.9. The molecule has 1 saturated heterocycles. The minimum atomic E-state index is -4.49. The third kappa shape index (κ3) is 4.14. The fourth-order valence-corrected chi connectivity index (χ4v) is 3.55. The van der Waals surface area contributed by atoms with Gasteiger partial charge < -0.3 is 9.42 Å². The van der Waals surface area contributed by atoms with E-state index in [2.05, 4.69) is 10.3 Å². The summed E-state index contributed by atoms with van der Waals surface area (Å²) in [6.45, 7) is 0.735. The van der Waals surface area contributed by atoms with Crippen LogP contribution in [0.25, 0.3) is 11.3 Å². The Kier molecular flexibility index (Phi) is 5.08. The summed E-state index contributed by atoms with van der Waals surface area (Å²) >= 11 is 5.97. The lowest BCUT2D eigenvalue weighted by Crippen LogP contribution is -2.41. The van der Waals surface area contributed by atoms with Gasteiger partial charge in [-0.15, -0.1) is 0 Å². The number of carbonyl (C=O) groups is 1. The molecule has 0 spiro atoms. The van der Waals surface area contributed by atoms with Gasteiger partial charge in [0.15, 0.2) is 17.1 Å². The summed E-state index contributed by atoms with van der Waals surface area (Å²) in [5.41, 5.74) is -0.113. The number of aromatic nitrogens is 3. The van der Waals surface area contributed by atoms with Crippen LogP contribution in [-0.2, 0) is 6.18 Å². The molecular weight excluding hydrogens is 409 g/mol. The number of amides is 1. The molecule has 1 fully saturated rings. The van der Waals surface area contributed by atoms with E-state index in [4.69, 9.17) is 16.1 Å². The van der Waals surface area contributed by atoms with E-state index in [-0.39, 0.29) is 24.2 Å². The summed E-state index contributed by atoms with van der Waals surface area (Å²) in [6, 6.07) is 9.11. The Labute approximate surface area is 168 Å². The molecule has 0 saturated carbocycles. The van der Waals surface area contributed by atoms with E-state index in [1.807, 2.05) is 0 Å². The minimum absolute atomic E-state index is 0.136. The predicted octanol–water partition coefficient (Wildman–Crippen LogP) is 4.69. The molecule has 1 atom stereocenters. The summed E-state index contributed by atoms with van der Waals surface area (Å²) in [5, 5.41) is 8.01. The number of hydrogen-bond acceptors (Lipinski definition) is 4. The number of nitrogens with zero attached hydrogens (tertiary/aromatic N) is 4. The first-order valence-corrected chi connectivity index (χ1v) is 9.33. The Hall–Kier alpha value is -2.81. The molecule has 1 aliphatic heterocycles. The quantitative estimate of drug-likeness (QED) is 0.612. The number of hydrogen-bond donors (Lipinski definition) is 0. The fourth-order valence-electron chi connectivity index (χ4n) is 3.36. The molecule has 4 rings (SSSR count). The molecule has 3 heterocycles. The molecule has 0 bridgehead atoms. The molecule has 1 aliphatic rings. The first-order chi connectivity index (χ1) is 13.8. The van der Waals surface area contributed by atoms with Gasteiger partial charge in [-0.05, 0) is 31.0 Å². The maximum Gasteiger partial charge on any atom is 0.435 e. The molecule has 3 aromatic rings. The topological polar surface area (TPSA) is 64.2 Å². The molecule has 1 amide bonds. The number of rotatable bonds is 3. The second kappa shape index (κ2) is 7.55. The monoisotopic (exact) mass is 424 g/mol. The minimum Gasteiger partial charge on any atom is -0.355 e. The van der Waals surface area contributed by atoms with Crippen molar-refractivity contribution in [2.75, 3.05) is 13.1 Å². The maximum atomic E-state index is 12.8. The molecule has 0 radical (unpaired) electrons. The van der Waals surface area contributed by atoms with E-state index in [0.717, 1.165) is 6.07 Å². The molecule has 29 heavy (non-hydrogen) atoms. The Morgan fingerprint density at radius 1 is 1.24 bits per heavy atom. The molecule has 0 aliphatic carbocycles. The second-order valence-electron chi connectivity index (χ2n) is 6.81. The highest BCUT2D eigenvalue weighted by molar-refractivity contribution is 6.30. The van der Waals surface area contributed by atoms with Crippen LogP contribution >= 0.6 is 11.6 Å². The van der Waals surface area contributed by atoms with Gasteiger partial charge in [0.25, 0.3) is 5.91 Å². The van der Waals surface area contributed by atoms with Crippen molar-refractivity contribution in [3.63, 3.8) is 0 Å². The van der Waals surface area contributed by atoms with Crippen LogP contribution in [0, 0.1) is 0 Å². The van der Waals surface area contributed by atoms with E-state index in [9.17, 15) is 18.0 Å². The zero-order valence-electron chi connectivity index (χ0n) is 15.1. The average Bonchev–Trinajstić information content (AvgIpc) is 3.37. The van der Waals surface area contributed by atoms with Gasteiger partial charge in [0.05, 0.1) is 6.04 Å². The van der Waals surface area contributed by atoms with Crippen molar-refractivity contribution < 1.29 is 22.5 Å². The van der Waals surface area contributed by atoms with Crippen molar-refractivity contribution in [2.45, 2.75) is 25.1 Å².